The Morgan fingerprint density at radius 1 is 0.958 bits per heavy atom. The van der Waals surface area contributed by atoms with Crippen LogP contribution in [0.25, 0.3) is 0 Å². The molecule has 0 aromatic carbocycles. The molecule has 12 heteroatoms. The quantitative estimate of drug-likeness (QED) is 0.770. The first-order chi connectivity index (χ1) is 10.7. The Bertz CT molecular complexity index is 437. The van der Waals surface area contributed by atoms with Crippen LogP contribution in [0.2, 0.25) is 0 Å². The van der Waals surface area contributed by atoms with E-state index in [9.17, 15) is 44.6 Å². The molecule has 2 heterocycles. The molecule has 24 heavy (non-hydrogen) atoms. The van der Waals surface area contributed by atoms with Gasteiger partial charge in [0.15, 0.2) is 0 Å². The second-order valence-electron chi connectivity index (χ2n) is 6.05. The van der Waals surface area contributed by atoms with Crippen molar-refractivity contribution in [1.29, 1.82) is 0 Å². The summed E-state index contributed by atoms with van der Waals surface area (Å²) in [5.74, 6) is 0. The number of ether oxygens (including phenoxy) is 1. The average molecular weight is 375 g/mol. The molecule has 2 atom stereocenters. The van der Waals surface area contributed by atoms with E-state index < -0.39 is 55.3 Å². The zero-order chi connectivity index (χ0) is 18.6. The normalized spacial score (nSPS) is 30.0. The van der Waals surface area contributed by atoms with Crippen molar-refractivity contribution in [2.75, 3.05) is 19.7 Å². The van der Waals surface area contributed by atoms with E-state index in [1.807, 2.05) is 0 Å². The van der Waals surface area contributed by atoms with Gasteiger partial charge in [-0.05, 0) is 25.8 Å². The molecule has 0 aromatic rings. The number of nitrogens with zero attached hydrogens (tertiary/aromatic N) is 1. The minimum Gasteiger partial charge on any atom is -0.394 e. The summed E-state index contributed by atoms with van der Waals surface area (Å²) in [5.41, 5.74) is -7.38. The summed E-state index contributed by atoms with van der Waals surface area (Å²) in [5, 5.41) is 9.36. The van der Waals surface area contributed by atoms with Gasteiger partial charge in [-0.2, -0.15) is 39.5 Å². The van der Waals surface area contributed by atoms with Crippen molar-refractivity contribution < 1.29 is 49.4 Å². The van der Waals surface area contributed by atoms with E-state index in [0.717, 1.165) is 0 Å². The van der Waals surface area contributed by atoms with Crippen molar-refractivity contribution in [3.8, 4) is 0 Å². The fourth-order valence-corrected chi connectivity index (χ4v) is 3.50. The SMILES string of the molecule is OCC12CCCN1C[C@H](OC(C(F)(F)F)(C(F)(F)F)C(F)(F)F)C2. The summed E-state index contributed by atoms with van der Waals surface area (Å²) in [6.07, 6.45) is -21.9. The molecule has 3 nitrogen and oxygen atoms in total. The number of hydrogen-bond donors (Lipinski definition) is 1. The highest BCUT2D eigenvalue weighted by atomic mass is 19.4. The van der Waals surface area contributed by atoms with Crippen LogP contribution in [-0.4, -0.2) is 65.5 Å². The number of fused-ring (bicyclic) bond motifs is 1. The summed E-state index contributed by atoms with van der Waals surface area (Å²) in [6.45, 7) is -0.855. The molecule has 0 aliphatic carbocycles. The van der Waals surface area contributed by atoms with Crippen LogP contribution in [0.1, 0.15) is 19.3 Å². The maximum absolute atomic E-state index is 12.9. The highest BCUT2D eigenvalue weighted by Crippen LogP contribution is 2.56. The van der Waals surface area contributed by atoms with Gasteiger partial charge in [-0.15, -0.1) is 0 Å². The van der Waals surface area contributed by atoms with E-state index in [4.69, 9.17) is 0 Å². The van der Waals surface area contributed by atoms with Crippen LogP contribution in [0, 0.1) is 0 Å². The van der Waals surface area contributed by atoms with Gasteiger partial charge in [0.05, 0.1) is 12.7 Å². The minimum absolute atomic E-state index is 0.261. The van der Waals surface area contributed by atoms with E-state index in [1.54, 1.807) is 0 Å². The number of aliphatic hydroxyl groups is 1. The average Bonchev–Trinajstić information content (AvgIpc) is 2.87. The van der Waals surface area contributed by atoms with Crippen LogP contribution in [0.4, 0.5) is 39.5 Å². The molecule has 2 aliphatic rings. The van der Waals surface area contributed by atoms with Gasteiger partial charge in [0.25, 0.3) is 0 Å². The lowest BCUT2D eigenvalue weighted by molar-refractivity contribution is -0.463. The fraction of sp³-hybridized carbons (Fsp3) is 1.00. The largest absolute Gasteiger partial charge is 0.435 e. The van der Waals surface area contributed by atoms with Crippen molar-refractivity contribution in [2.24, 2.45) is 0 Å². The third kappa shape index (κ3) is 2.75. The highest BCUT2D eigenvalue weighted by molar-refractivity contribution is 5.08. The Morgan fingerprint density at radius 3 is 1.83 bits per heavy atom. The van der Waals surface area contributed by atoms with Crippen molar-refractivity contribution in [3.63, 3.8) is 0 Å². The molecule has 1 N–H and O–H groups in total. The molecule has 0 amide bonds. The first-order valence-corrected chi connectivity index (χ1v) is 6.94. The minimum atomic E-state index is -6.73. The Morgan fingerprint density at radius 2 is 1.46 bits per heavy atom. The number of halogens is 9. The fourth-order valence-electron chi connectivity index (χ4n) is 3.50. The predicted octanol–water partition coefficient (Wildman–Crippen LogP) is 3.03. The second kappa shape index (κ2) is 5.63. The van der Waals surface area contributed by atoms with Gasteiger partial charge in [-0.3, -0.25) is 4.90 Å². The zero-order valence-electron chi connectivity index (χ0n) is 12.0. The molecule has 2 rings (SSSR count). The van der Waals surface area contributed by atoms with E-state index in [0.29, 0.717) is 6.42 Å². The van der Waals surface area contributed by atoms with Gasteiger partial charge in [0, 0.05) is 12.1 Å². The monoisotopic (exact) mass is 375 g/mol. The molecule has 0 aromatic heterocycles. The van der Waals surface area contributed by atoms with Crippen LogP contribution in [0.3, 0.4) is 0 Å². The van der Waals surface area contributed by atoms with Crippen LogP contribution in [0.5, 0.6) is 0 Å². The lowest BCUT2D eigenvalue weighted by Gasteiger charge is -2.39. The molecular weight excluding hydrogens is 361 g/mol. The molecule has 0 saturated carbocycles. The van der Waals surface area contributed by atoms with Crippen molar-refractivity contribution in [2.45, 2.75) is 55.0 Å². The summed E-state index contributed by atoms with van der Waals surface area (Å²) in [4.78, 5) is 1.38. The van der Waals surface area contributed by atoms with E-state index in [2.05, 4.69) is 4.74 Å². The van der Waals surface area contributed by atoms with E-state index in [1.165, 1.54) is 4.90 Å². The van der Waals surface area contributed by atoms with Gasteiger partial charge in [0.2, 0.25) is 0 Å². The Labute approximate surface area is 130 Å². The Balaban J connectivity index is 2.38. The topological polar surface area (TPSA) is 32.7 Å². The molecular formula is C12H14F9NO2. The molecule has 0 spiro atoms. The van der Waals surface area contributed by atoms with Crippen molar-refractivity contribution in [1.82, 2.24) is 4.90 Å². The van der Waals surface area contributed by atoms with Gasteiger partial charge in [-0.1, -0.05) is 0 Å². The summed E-state index contributed by atoms with van der Waals surface area (Å²) in [7, 11) is 0. The highest BCUT2D eigenvalue weighted by Gasteiger charge is 2.86. The maximum atomic E-state index is 12.9. The molecule has 0 radical (unpaired) electrons. The second-order valence-corrected chi connectivity index (χ2v) is 6.05. The van der Waals surface area contributed by atoms with E-state index >= 15 is 0 Å². The van der Waals surface area contributed by atoms with Crippen LogP contribution < -0.4 is 0 Å². The van der Waals surface area contributed by atoms with Crippen LogP contribution in [-0.2, 0) is 4.74 Å². The molecule has 142 valence electrons. The lowest BCUT2D eigenvalue weighted by atomic mass is 9.93. The third-order valence-corrected chi connectivity index (χ3v) is 4.61. The first-order valence-electron chi connectivity index (χ1n) is 6.94. The van der Waals surface area contributed by atoms with Crippen LogP contribution >= 0.6 is 0 Å². The summed E-state index contributed by atoms with van der Waals surface area (Å²) < 4.78 is 119. The Hall–Kier alpha value is -0.750. The molecule has 0 bridgehead atoms. The zero-order valence-corrected chi connectivity index (χ0v) is 12.0. The van der Waals surface area contributed by atoms with Gasteiger partial charge in [0.1, 0.15) is 0 Å². The van der Waals surface area contributed by atoms with E-state index in [-0.39, 0.29) is 13.0 Å². The van der Waals surface area contributed by atoms with Gasteiger partial charge < -0.3 is 9.84 Å². The smallest absolute Gasteiger partial charge is 0.394 e. The van der Waals surface area contributed by atoms with Crippen LogP contribution in [0.15, 0.2) is 0 Å². The molecule has 1 unspecified atom stereocenters. The standard InChI is InChI=1S/C12H14F9NO2/c13-10(14,15)9(11(16,17)18,12(19,20)21)24-7-4-8(6-23)2-1-3-22(8)5-7/h7,23H,1-6H2/t7-,8?/m1/s1. The number of rotatable bonds is 3. The molecule has 2 aliphatic heterocycles. The van der Waals surface area contributed by atoms with Gasteiger partial charge >= 0.3 is 24.1 Å². The molecule has 2 fully saturated rings. The maximum Gasteiger partial charge on any atom is 0.435 e. The first kappa shape index (κ1) is 19.6. The predicted molar refractivity (Wildman–Crippen MR) is 61.0 cm³/mol. The Kier molecular flexibility index (Phi) is 4.59. The summed E-state index contributed by atoms with van der Waals surface area (Å²) >= 11 is 0. The van der Waals surface area contributed by atoms with Crippen molar-refractivity contribution >= 4 is 0 Å². The van der Waals surface area contributed by atoms with Crippen molar-refractivity contribution in [3.05, 3.63) is 0 Å². The number of alkyl halides is 9. The molecule has 2 saturated heterocycles. The lowest BCUT2D eigenvalue weighted by Crippen LogP contribution is -2.68. The number of hydrogen-bond acceptors (Lipinski definition) is 3. The third-order valence-electron chi connectivity index (χ3n) is 4.61. The van der Waals surface area contributed by atoms with Gasteiger partial charge in [-0.25, -0.2) is 0 Å². The summed E-state index contributed by atoms with van der Waals surface area (Å²) in [6, 6.07) is 0. The number of aliphatic hydroxyl groups excluding tert-OH is 1.